The number of aryl methyl sites for hydroxylation is 2. The number of aliphatic carboxylic acids is 1. The number of ether oxygens (including phenoxy) is 1. The monoisotopic (exact) mass is 456 g/mol. The van der Waals surface area contributed by atoms with Crippen LogP contribution in [0.1, 0.15) is 36.8 Å². The van der Waals surface area contributed by atoms with Crippen LogP contribution in [0.3, 0.4) is 0 Å². The Morgan fingerprint density at radius 1 is 1.33 bits per heavy atom. The smallest absolute Gasteiger partial charge is 0.310 e. The number of aliphatic hydroxyl groups excluding tert-OH is 1. The van der Waals surface area contributed by atoms with Crippen molar-refractivity contribution >= 4 is 23.5 Å². The van der Waals surface area contributed by atoms with Crippen molar-refractivity contribution in [2.45, 2.75) is 57.3 Å². The van der Waals surface area contributed by atoms with Gasteiger partial charge in [0.25, 0.3) is 5.91 Å². The molecule has 0 radical (unpaired) electrons. The highest BCUT2D eigenvalue weighted by Crippen LogP contribution is 2.58. The van der Waals surface area contributed by atoms with E-state index >= 15 is 0 Å². The molecule has 0 saturated carbocycles. The topological polar surface area (TPSA) is 107 Å². The SMILES string of the molecule is C=CCN(C(=O)[C@@H]1N(CCCCO)C(=O)[C@H]2[C@H](C(=O)O)[C@@H]3CC[C@]12O3)c1cc(C)ccc1C. The first-order valence-corrected chi connectivity index (χ1v) is 11.6. The number of rotatable bonds is 9. The Bertz CT molecular complexity index is 978. The molecule has 3 aliphatic heterocycles. The van der Waals surface area contributed by atoms with Gasteiger partial charge in [-0.3, -0.25) is 14.4 Å². The maximum atomic E-state index is 14.2. The van der Waals surface area contributed by atoms with Gasteiger partial charge in [-0.05, 0) is 56.7 Å². The maximum Gasteiger partial charge on any atom is 0.310 e. The number of benzene rings is 1. The number of hydrogen-bond acceptors (Lipinski definition) is 5. The fourth-order valence-corrected chi connectivity index (χ4v) is 5.94. The zero-order chi connectivity index (χ0) is 23.9. The van der Waals surface area contributed by atoms with Crippen LogP contribution in [0.2, 0.25) is 0 Å². The number of amides is 2. The number of carboxylic acids is 1. The predicted molar refractivity (Wildman–Crippen MR) is 122 cm³/mol. The minimum atomic E-state index is -1.14. The van der Waals surface area contributed by atoms with Crippen molar-refractivity contribution < 1.29 is 29.3 Å². The van der Waals surface area contributed by atoms with Crippen LogP contribution in [-0.4, -0.2) is 70.3 Å². The summed E-state index contributed by atoms with van der Waals surface area (Å²) in [6.45, 7) is 8.20. The fraction of sp³-hybridized carbons (Fsp3) is 0.560. The third-order valence-corrected chi connectivity index (χ3v) is 7.36. The van der Waals surface area contributed by atoms with Gasteiger partial charge in [0, 0.05) is 25.4 Å². The molecule has 178 valence electrons. The van der Waals surface area contributed by atoms with Crippen molar-refractivity contribution in [1.29, 1.82) is 0 Å². The molecular formula is C25H32N2O6. The maximum absolute atomic E-state index is 14.2. The Balaban J connectivity index is 1.78. The van der Waals surface area contributed by atoms with Gasteiger partial charge in [-0.1, -0.05) is 18.2 Å². The number of aliphatic hydroxyl groups is 1. The second kappa shape index (κ2) is 8.91. The first-order valence-electron chi connectivity index (χ1n) is 11.6. The molecule has 0 aliphatic carbocycles. The summed E-state index contributed by atoms with van der Waals surface area (Å²) in [5.41, 5.74) is 1.52. The molecule has 0 unspecified atom stereocenters. The molecule has 3 heterocycles. The molecule has 1 aromatic rings. The van der Waals surface area contributed by atoms with Crippen LogP contribution in [0.4, 0.5) is 5.69 Å². The van der Waals surface area contributed by atoms with Gasteiger partial charge in [0.1, 0.15) is 11.6 Å². The molecular weight excluding hydrogens is 424 g/mol. The molecule has 1 spiro atoms. The third-order valence-electron chi connectivity index (χ3n) is 7.36. The van der Waals surface area contributed by atoms with Crippen molar-refractivity contribution in [1.82, 2.24) is 4.90 Å². The normalized spacial score (nSPS) is 29.9. The van der Waals surface area contributed by atoms with Gasteiger partial charge in [0.05, 0.1) is 17.9 Å². The lowest BCUT2D eigenvalue weighted by molar-refractivity contribution is -0.149. The van der Waals surface area contributed by atoms with Crippen molar-refractivity contribution in [2.24, 2.45) is 11.8 Å². The van der Waals surface area contributed by atoms with Crippen molar-refractivity contribution in [3.8, 4) is 0 Å². The molecule has 0 aromatic heterocycles. The number of unbranched alkanes of at least 4 members (excludes halogenated alkanes) is 1. The van der Waals surface area contributed by atoms with Gasteiger partial charge in [-0.2, -0.15) is 0 Å². The summed E-state index contributed by atoms with van der Waals surface area (Å²) in [4.78, 5) is 43.0. The minimum Gasteiger partial charge on any atom is -0.481 e. The lowest BCUT2D eigenvalue weighted by atomic mass is 9.70. The average Bonchev–Trinajstić information content (AvgIpc) is 3.41. The summed E-state index contributed by atoms with van der Waals surface area (Å²) < 4.78 is 6.25. The molecule has 2 bridgehead atoms. The number of carbonyl (C=O) groups is 3. The predicted octanol–water partition coefficient (Wildman–Crippen LogP) is 2.05. The van der Waals surface area contributed by atoms with Crippen LogP contribution in [0.5, 0.6) is 0 Å². The van der Waals surface area contributed by atoms with Crippen LogP contribution >= 0.6 is 0 Å². The van der Waals surface area contributed by atoms with Gasteiger partial charge in [-0.25, -0.2) is 0 Å². The Kier molecular flexibility index (Phi) is 6.33. The van der Waals surface area contributed by atoms with E-state index in [1.165, 1.54) is 4.90 Å². The number of fused-ring (bicyclic) bond motifs is 1. The highest BCUT2D eigenvalue weighted by atomic mass is 16.5. The van der Waals surface area contributed by atoms with Crippen LogP contribution in [0.25, 0.3) is 0 Å². The number of anilines is 1. The van der Waals surface area contributed by atoms with Gasteiger partial charge in [0.2, 0.25) is 5.91 Å². The van der Waals surface area contributed by atoms with E-state index in [-0.39, 0.29) is 31.5 Å². The number of nitrogens with zero attached hydrogens (tertiary/aromatic N) is 2. The third kappa shape index (κ3) is 3.65. The fourth-order valence-electron chi connectivity index (χ4n) is 5.94. The molecule has 33 heavy (non-hydrogen) atoms. The van der Waals surface area contributed by atoms with E-state index in [1.807, 2.05) is 32.0 Å². The van der Waals surface area contributed by atoms with Crippen molar-refractivity contribution in [2.75, 3.05) is 24.6 Å². The highest BCUT2D eigenvalue weighted by Gasteiger charge is 2.74. The summed E-state index contributed by atoms with van der Waals surface area (Å²) >= 11 is 0. The summed E-state index contributed by atoms with van der Waals surface area (Å²) in [5.74, 6) is -3.49. The van der Waals surface area contributed by atoms with E-state index in [0.29, 0.717) is 25.7 Å². The van der Waals surface area contributed by atoms with Gasteiger partial charge in [0.15, 0.2) is 0 Å². The average molecular weight is 457 g/mol. The number of carbonyl (C=O) groups excluding carboxylic acids is 2. The molecule has 2 N–H and O–H groups in total. The Morgan fingerprint density at radius 2 is 2.09 bits per heavy atom. The highest BCUT2D eigenvalue weighted by molar-refractivity contribution is 6.05. The lowest BCUT2D eigenvalue weighted by Crippen LogP contribution is -2.56. The zero-order valence-electron chi connectivity index (χ0n) is 19.2. The number of likely N-dealkylation sites (tertiary alicyclic amines) is 1. The van der Waals surface area contributed by atoms with E-state index in [2.05, 4.69) is 6.58 Å². The molecule has 3 fully saturated rings. The summed E-state index contributed by atoms with van der Waals surface area (Å²) in [6.07, 6.45) is 3.08. The standard InChI is InChI=1S/C25H32N2O6/c1-4-11-26(17-14-15(2)7-8-16(17)3)23(30)21-25-10-9-18(33-25)19(24(31)32)20(25)22(29)27(21)12-5-6-13-28/h4,7-8,14,18-21,28H,1,5-6,9-13H2,2-3H3,(H,31,32)/t18-,19+,20+,21-,25+/m0/s1. The molecule has 3 aliphatic rings. The molecule has 3 saturated heterocycles. The second-order valence-electron chi connectivity index (χ2n) is 9.38. The van der Waals surface area contributed by atoms with Crippen LogP contribution in [-0.2, 0) is 19.1 Å². The van der Waals surface area contributed by atoms with E-state index < -0.39 is 35.6 Å². The molecule has 1 aromatic carbocycles. The Hall–Kier alpha value is -2.71. The Labute approximate surface area is 193 Å². The number of carboxylic acid groups (broad SMARTS) is 1. The molecule has 5 atom stereocenters. The molecule has 8 nitrogen and oxygen atoms in total. The second-order valence-corrected chi connectivity index (χ2v) is 9.38. The molecule has 4 rings (SSSR count). The first kappa shape index (κ1) is 23.4. The van der Waals surface area contributed by atoms with Crippen LogP contribution in [0, 0.1) is 25.7 Å². The van der Waals surface area contributed by atoms with Crippen molar-refractivity contribution in [3.05, 3.63) is 42.0 Å². The van der Waals surface area contributed by atoms with Crippen LogP contribution < -0.4 is 4.90 Å². The molecule has 2 amide bonds. The van der Waals surface area contributed by atoms with Gasteiger partial charge in [-0.15, -0.1) is 6.58 Å². The Morgan fingerprint density at radius 3 is 2.76 bits per heavy atom. The summed E-state index contributed by atoms with van der Waals surface area (Å²) in [7, 11) is 0. The summed E-state index contributed by atoms with van der Waals surface area (Å²) in [6, 6.07) is 4.95. The van der Waals surface area contributed by atoms with E-state index in [4.69, 9.17) is 4.74 Å². The largest absolute Gasteiger partial charge is 0.481 e. The van der Waals surface area contributed by atoms with Crippen molar-refractivity contribution in [3.63, 3.8) is 0 Å². The van der Waals surface area contributed by atoms with E-state index in [0.717, 1.165) is 16.8 Å². The van der Waals surface area contributed by atoms with Crippen LogP contribution in [0.15, 0.2) is 30.9 Å². The summed E-state index contributed by atoms with van der Waals surface area (Å²) in [5, 5.41) is 19.1. The first-order chi connectivity index (χ1) is 15.8. The molecule has 8 heteroatoms. The van der Waals surface area contributed by atoms with E-state index in [9.17, 15) is 24.6 Å². The zero-order valence-corrected chi connectivity index (χ0v) is 19.2. The van der Waals surface area contributed by atoms with Gasteiger partial charge < -0.3 is 24.7 Å². The van der Waals surface area contributed by atoms with E-state index in [1.54, 1.807) is 11.0 Å². The quantitative estimate of drug-likeness (QED) is 0.435. The lowest BCUT2D eigenvalue weighted by Gasteiger charge is -2.37. The van der Waals surface area contributed by atoms with Gasteiger partial charge >= 0.3 is 5.97 Å². The number of hydrogen-bond donors (Lipinski definition) is 2. The minimum absolute atomic E-state index is 0.0172.